The van der Waals surface area contributed by atoms with Gasteiger partial charge in [0.15, 0.2) is 0 Å². The van der Waals surface area contributed by atoms with Crippen LogP contribution in [0.25, 0.3) is 6.08 Å². The summed E-state index contributed by atoms with van der Waals surface area (Å²) in [6, 6.07) is 19.3. The molecule has 0 radical (unpaired) electrons. The molecule has 1 heterocycles. The van der Waals surface area contributed by atoms with E-state index in [0.29, 0.717) is 29.4 Å². The Morgan fingerprint density at radius 2 is 1.71 bits per heavy atom. The van der Waals surface area contributed by atoms with Crippen molar-refractivity contribution >= 4 is 29.6 Å². The van der Waals surface area contributed by atoms with Gasteiger partial charge in [0.05, 0.1) is 12.8 Å². The molecule has 35 heavy (non-hydrogen) atoms. The van der Waals surface area contributed by atoms with Gasteiger partial charge in [0, 0.05) is 11.6 Å². The maximum atomic E-state index is 13.3. The summed E-state index contributed by atoms with van der Waals surface area (Å²) in [6.07, 6.45) is 2.26. The first-order valence-corrected chi connectivity index (χ1v) is 11.3. The molecule has 1 aliphatic rings. The van der Waals surface area contributed by atoms with E-state index in [1.807, 2.05) is 50.2 Å². The molecule has 1 fully saturated rings. The molecule has 1 N–H and O–H groups in total. The third-order valence-corrected chi connectivity index (χ3v) is 5.70. The van der Waals surface area contributed by atoms with Crippen LogP contribution in [0.3, 0.4) is 0 Å². The largest absolute Gasteiger partial charge is 0.497 e. The second-order valence-electron chi connectivity index (χ2n) is 8.16. The molecule has 1 saturated heterocycles. The van der Waals surface area contributed by atoms with Crippen molar-refractivity contribution in [3.05, 3.63) is 94.6 Å². The highest BCUT2D eigenvalue weighted by Gasteiger charge is 2.37. The third-order valence-electron chi connectivity index (χ3n) is 5.70. The molecule has 178 valence electrons. The molecule has 1 aliphatic heterocycles. The van der Waals surface area contributed by atoms with Gasteiger partial charge in [-0.15, -0.1) is 0 Å². The molecule has 7 nitrogen and oxygen atoms in total. The number of barbiturate groups is 1. The van der Waals surface area contributed by atoms with Crippen LogP contribution in [0.5, 0.6) is 11.5 Å². The summed E-state index contributed by atoms with van der Waals surface area (Å²) in [7, 11) is 1.54. The molecule has 7 heteroatoms. The Balaban J connectivity index is 1.67. The molecule has 0 bridgehead atoms. The lowest BCUT2D eigenvalue weighted by Crippen LogP contribution is -2.54. The van der Waals surface area contributed by atoms with Crippen molar-refractivity contribution in [2.45, 2.75) is 26.9 Å². The zero-order valence-electron chi connectivity index (χ0n) is 19.8. The molecule has 3 aromatic carbocycles. The SMILES string of the molecule is CCc1ccc(N2C(=O)NC(=O)/C(=C\c3ccc(OC)cc3OCc3cccc(C)c3)C2=O)cc1. The highest BCUT2D eigenvalue weighted by atomic mass is 16.5. The number of imide groups is 2. The van der Waals surface area contributed by atoms with E-state index in [2.05, 4.69) is 5.32 Å². The molecule has 0 saturated carbocycles. The first kappa shape index (κ1) is 23.8. The van der Waals surface area contributed by atoms with Crippen LogP contribution in [0.15, 0.2) is 72.3 Å². The molecule has 0 aromatic heterocycles. The second-order valence-corrected chi connectivity index (χ2v) is 8.16. The first-order chi connectivity index (χ1) is 16.9. The van der Waals surface area contributed by atoms with Crippen LogP contribution in [-0.2, 0) is 22.6 Å². The molecule has 0 spiro atoms. The van der Waals surface area contributed by atoms with E-state index >= 15 is 0 Å². The number of anilines is 1. The molecular formula is C28H26N2O5. The maximum Gasteiger partial charge on any atom is 0.335 e. The number of nitrogens with zero attached hydrogens (tertiary/aromatic N) is 1. The fourth-order valence-electron chi connectivity index (χ4n) is 3.78. The second kappa shape index (κ2) is 10.3. The van der Waals surface area contributed by atoms with E-state index in [0.717, 1.165) is 28.0 Å². The Bertz CT molecular complexity index is 1310. The van der Waals surface area contributed by atoms with E-state index < -0.39 is 17.8 Å². The lowest BCUT2D eigenvalue weighted by atomic mass is 10.1. The van der Waals surface area contributed by atoms with Crippen molar-refractivity contribution in [1.29, 1.82) is 0 Å². The molecule has 4 rings (SSSR count). The zero-order valence-corrected chi connectivity index (χ0v) is 19.8. The normalized spacial score (nSPS) is 14.8. The zero-order chi connectivity index (χ0) is 24.9. The van der Waals surface area contributed by atoms with Crippen molar-refractivity contribution in [3.8, 4) is 11.5 Å². The summed E-state index contributed by atoms with van der Waals surface area (Å²) in [5, 5.41) is 2.26. The van der Waals surface area contributed by atoms with Gasteiger partial charge in [-0.25, -0.2) is 9.69 Å². The fourth-order valence-corrected chi connectivity index (χ4v) is 3.78. The van der Waals surface area contributed by atoms with Gasteiger partial charge in [0.2, 0.25) is 0 Å². The number of carbonyl (C=O) groups is 3. The number of amides is 4. The number of nitrogens with one attached hydrogen (secondary N) is 1. The summed E-state index contributed by atoms with van der Waals surface area (Å²) in [4.78, 5) is 39.4. The number of urea groups is 1. The number of hydrogen-bond acceptors (Lipinski definition) is 5. The van der Waals surface area contributed by atoms with Crippen LogP contribution in [0, 0.1) is 6.92 Å². The third kappa shape index (κ3) is 5.24. The van der Waals surface area contributed by atoms with Gasteiger partial charge < -0.3 is 9.47 Å². The topological polar surface area (TPSA) is 84.9 Å². The van der Waals surface area contributed by atoms with E-state index in [1.165, 1.54) is 6.08 Å². The maximum absolute atomic E-state index is 13.3. The van der Waals surface area contributed by atoms with Crippen LogP contribution in [0.1, 0.15) is 29.2 Å². The van der Waals surface area contributed by atoms with Gasteiger partial charge in [-0.1, -0.05) is 48.9 Å². The van der Waals surface area contributed by atoms with Gasteiger partial charge in [-0.2, -0.15) is 0 Å². The minimum absolute atomic E-state index is 0.172. The Morgan fingerprint density at radius 1 is 0.943 bits per heavy atom. The Kier molecular flexibility index (Phi) is 6.96. The van der Waals surface area contributed by atoms with Crippen molar-refractivity contribution in [2.24, 2.45) is 0 Å². The van der Waals surface area contributed by atoms with Crippen molar-refractivity contribution in [2.75, 3.05) is 12.0 Å². The Morgan fingerprint density at radius 3 is 2.40 bits per heavy atom. The smallest absolute Gasteiger partial charge is 0.335 e. The van der Waals surface area contributed by atoms with Crippen LogP contribution >= 0.6 is 0 Å². The van der Waals surface area contributed by atoms with Gasteiger partial charge >= 0.3 is 6.03 Å². The minimum atomic E-state index is -0.785. The summed E-state index contributed by atoms with van der Waals surface area (Å²) in [5.74, 6) is -0.460. The average molecular weight is 471 g/mol. The monoisotopic (exact) mass is 470 g/mol. The summed E-state index contributed by atoms with van der Waals surface area (Å²) >= 11 is 0. The quantitative estimate of drug-likeness (QED) is 0.396. The number of ether oxygens (including phenoxy) is 2. The van der Waals surface area contributed by atoms with Crippen molar-refractivity contribution < 1.29 is 23.9 Å². The van der Waals surface area contributed by atoms with Gasteiger partial charge in [-0.05, 0) is 54.8 Å². The van der Waals surface area contributed by atoms with E-state index in [4.69, 9.17) is 9.47 Å². The predicted octanol–water partition coefficient (Wildman–Crippen LogP) is 4.81. The Labute approximate surface area is 204 Å². The molecular weight excluding hydrogens is 444 g/mol. The fraction of sp³-hybridized carbons (Fsp3) is 0.179. The summed E-state index contributed by atoms with van der Waals surface area (Å²) in [5.41, 5.74) is 3.88. The number of methoxy groups -OCH3 is 1. The molecule has 0 aliphatic carbocycles. The summed E-state index contributed by atoms with van der Waals surface area (Å²) < 4.78 is 11.4. The van der Waals surface area contributed by atoms with E-state index in [9.17, 15) is 14.4 Å². The van der Waals surface area contributed by atoms with Crippen LogP contribution in [0.2, 0.25) is 0 Å². The van der Waals surface area contributed by atoms with E-state index in [-0.39, 0.29) is 5.57 Å². The minimum Gasteiger partial charge on any atom is -0.497 e. The van der Waals surface area contributed by atoms with Gasteiger partial charge in [-0.3, -0.25) is 14.9 Å². The number of rotatable bonds is 7. The average Bonchev–Trinajstić information content (AvgIpc) is 2.86. The number of benzene rings is 3. The highest BCUT2D eigenvalue weighted by Crippen LogP contribution is 2.29. The highest BCUT2D eigenvalue weighted by molar-refractivity contribution is 6.39. The van der Waals surface area contributed by atoms with Crippen molar-refractivity contribution in [3.63, 3.8) is 0 Å². The Hall–Kier alpha value is -4.39. The van der Waals surface area contributed by atoms with E-state index in [1.54, 1.807) is 37.4 Å². The molecule has 4 amide bonds. The summed E-state index contributed by atoms with van der Waals surface area (Å²) in [6.45, 7) is 4.31. The van der Waals surface area contributed by atoms with Crippen LogP contribution in [0.4, 0.5) is 10.5 Å². The van der Waals surface area contributed by atoms with Crippen LogP contribution in [-0.4, -0.2) is 25.0 Å². The molecule has 3 aromatic rings. The van der Waals surface area contributed by atoms with Gasteiger partial charge in [0.25, 0.3) is 11.8 Å². The number of hydrogen-bond donors (Lipinski definition) is 1. The first-order valence-electron chi connectivity index (χ1n) is 11.3. The standard InChI is InChI=1S/C28H26N2O5/c1-4-19-8-11-22(12-9-19)30-27(32)24(26(31)29-28(30)33)15-21-10-13-23(34-3)16-25(21)35-17-20-7-5-6-18(2)14-20/h5-16H,4,17H2,1-3H3,(H,29,31,33)/b24-15+. The number of aryl methyl sites for hydroxylation is 2. The molecule has 0 atom stereocenters. The van der Waals surface area contributed by atoms with Crippen molar-refractivity contribution in [1.82, 2.24) is 5.32 Å². The lowest BCUT2D eigenvalue weighted by molar-refractivity contribution is -0.122. The lowest BCUT2D eigenvalue weighted by Gasteiger charge is -2.26. The van der Waals surface area contributed by atoms with Gasteiger partial charge in [0.1, 0.15) is 23.7 Å². The number of carbonyl (C=O) groups excluding carboxylic acids is 3. The molecule has 0 unspecified atom stereocenters. The predicted molar refractivity (Wildman–Crippen MR) is 133 cm³/mol. The van der Waals surface area contributed by atoms with Crippen LogP contribution < -0.4 is 19.7 Å².